The van der Waals surface area contributed by atoms with E-state index in [0.717, 1.165) is 33.4 Å². The predicted octanol–water partition coefficient (Wildman–Crippen LogP) is 6.33. The molecular formula is C29H28O2. The number of benzene rings is 4. The summed E-state index contributed by atoms with van der Waals surface area (Å²) in [6, 6.07) is 33.1. The van der Waals surface area contributed by atoms with Crippen molar-refractivity contribution in [3.8, 4) is 22.3 Å². The second-order valence-electron chi connectivity index (χ2n) is 8.42. The number of hydrogen-bond donors (Lipinski definition) is 2. The molecule has 0 amide bonds. The molecule has 0 aliphatic heterocycles. The van der Waals surface area contributed by atoms with Gasteiger partial charge in [0, 0.05) is 5.41 Å². The summed E-state index contributed by atoms with van der Waals surface area (Å²) in [5.74, 6) is 0. The van der Waals surface area contributed by atoms with Gasteiger partial charge in [0.1, 0.15) is 0 Å². The molecule has 2 heteroatoms. The fourth-order valence-corrected chi connectivity index (χ4v) is 4.15. The van der Waals surface area contributed by atoms with E-state index < -0.39 is 0 Å². The molecule has 0 aromatic heterocycles. The molecule has 2 N–H and O–H groups in total. The summed E-state index contributed by atoms with van der Waals surface area (Å²) in [5.41, 5.74) is 8.27. The third-order valence-corrected chi connectivity index (χ3v) is 6.17. The lowest BCUT2D eigenvalue weighted by molar-refractivity contribution is 0.282. The molecule has 0 aliphatic carbocycles. The summed E-state index contributed by atoms with van der Waals surface area (Å²) in [5, 5.41) is 19.8. The molecule has 31 heavy (non-hydrogen) atoms. The van der Waals surface area contributed by atoms with Gasteiger partial charge in [0.25, 0.3) is 0 Å². The van der Waals surface area contributed by atoms with Gasteiger partial charge in [-0.1, -0.05) is 98.8 Å². The molecule has 0 bridgehead atoms. The van der Waals surface area contributed by atoms with Gasteiger partial charge < -0.3 is 10.2 Å². The fourth-order valence-electron chi connectivity index (χ4n) is 4.15. The van der Waals surface area contributed by atoms with Gasteiger partial charge in [-0.05, 0) is 56.6 Å². The topological polar surface area (TPSA) is 40.5 Å². The van der Waals surface area contributed by atoms with Crippen LogP contribution < -0.4 is 0 Å². The van der Waals surface area contributed by atoms with E-state index in [4.69, 9.17) is 0 Å². The molecule has 4 aromatic carbocycles. The summed E-state index contributed by atoms with van der Waals surface area (Å²) in [6.45, 7) is 4.46. The second kappa shape index (κ2) is 8.89. The summed E-state index contributed by atoms with van der Waals surface area (Å²) >= 11 is 0. The molecule has 0 saturated carbocycles. The van der Waals surface area contributed by atoms with Gasteiger partial charge in [-0.15, -0.1) is 0 Å². The van der Waals surface area contributed by atoms with Crippen LogP contribution >= 0.6 is 0 Å². The molecule has 0 saturated heterocycles. The minimum Gasteiger partial charge on any atom is -0.392 e. The van der Waals surface area contributed by atoms with Gasteiger partial charge in [0.05, 0.1) is 13.2 Å². The van der Waals surface area contributed by atoms with Crippen molar-refractivity contribution in [2.75, 3.05) is 0 Å². The van der Waals surface area contributed by atoms with Crippen molar-refractivity contribution < 1.29 is 10.2 Å². The van der Waals surface area contributed by atoms with Gasteiger partial charge in [-0.25, -0.2) is 0 Å². The molecule has 4 rings (SSSR count). The van der Waals surface area contributed by atoms with Crippen LogP contribution in [-0.4, -0.2) is 10.2 Å². The smallest absolute Gasteiger partial charge is 0.0687 e. The van der Waals surface area contributed by atoms with Gasteiger partial charge in [-0.2, -0.15) is 0 Å². The van der Waals surface area contributed by atoms with E-state index in [-0.39, 0.29) is 18.6 Å². The molecule has 2 nitrogen and oxygen atoms in total. The fraction of sp³-hybridized carbons (Fsp3) is 0.172. The predicted molar refractivity (Wildman–Crippen MR) is 128 cm³/mol. The van der Waals surface area contributed by atoms with Crippen LogP contribution in [0.4, 0.5) is 0 Å². The maximum Gasteiger partial charge on any atom is 0.0687 e. The third-order valence-electron chi connectivity index (χ3n) is 6.17. The molecule has 0 atom stereocenters. The summed E-state index contributed by atoms with van der Waals surface area (Å²) in [4.78, 5) is 0. The zero-order chi connectivity index (χ0) is 21.8. The highest BCUT2D eigenvalue weighted by molar-refractivity contribution is 5.71. The standard InChI is InChI=1S/C29H28O2/c1-29(2,25-15-13-23(19-30)27(17-25)21-9-5-3-6-10-21)26-16-14-24(20-31)28(18-26)22-11-7-4-8-12-22/h3-18,30-31H,19-20H2,1-2H3. The highest BCUT2D eigenvalue weighted by atomic mass is 16.3. The lowest BCUT2D eigenvalue weighted by Gasteiger charge is -2.28. The summed E-state index contributed by atoms with van der Waals surface area (Å²) < 4.78 is 0. The number of hydrogen-bond acceptors (Lipinski definition) is 2. The molecule has 0 unspecified atom stereocenters. The lowest BCUT2D eigenvalue weighted by Crippen LogP contribution is -2.19. The van der Waals surface area contributed by atoms with E-state index in [9.17, 15) is 10.2 Å². The van der Waals surface area contributed by atoms with Crippen LogP contribution in [0, 0.1) is 0 Å². The zero-order valence-electron chi connectivity index (χ0n) is 18.0. The Morgan fingerprint density at radius 1 is 0.548 bits per heavy atom. The average Bonchev–Trinajstić information content (AvgIpc) is 2.84. The maximum atomic E-state index is 9.89. The Morgan fingerprint density at radius 3 is 1.29 bits per heavy atom. The minimum absolute atomic E-state index is 0.00822. The Labute approximate surface area is 184 Å². The number of aliphatic hydroxyl groups is 2. The zero-order valence-corrected chi connectivity index (χ0v) is 18.0. The molecule has 0 fully saturated rings. The monoisotopic (exact) mass is 408 g/mol. The van der Waals surface area contributed by atoms with Crippen molar-refractivity contribution in [2.45, 2.75) is 32.5 Å². The van der Waals surface area contributed by atoms with Crippen molar-refractivity contribution in [1.82, 2.24) is 0 Å². The van der Waals surface area contributed by atoms with Crippen LogP contribution in [0.25, 0.3) is 22.3 Å². The quantitative estimate of drug-likeness (QED) is 0.391. The van der Waals surface area contributed by atoms with E-state index in [1.54, 1.807) is 0 Å². The molecule has 0 aliphatic rings. The van der Waals surface area contributed by atoms with Crippen LogP contribution in [0.3, 0.4) is 0 Å². The molecule has 0 spiro atoms. The van der Waals surface area contributed by atoms with Crippen LogP contribution in [0.1, 0.15) is 36.1 Å². The van der Waals surface area contributed by atoms with E-state index in [2.05, 4.69) is 62.4 Å². The second-order valence-corrected chi connectivity index (χ2v) is 8.42. The first-order valence-electron chi connectivity index (χ1n) is 10.6. The molecular weight excluding hydrogens is 380 g/mol. The Balaban J connectivity index is 1.82. The Kier molecular flexibility index (Phi) is 6.03. The maximum absolute atomic E-state index is 9.89. The first-order chi connectivity index (χ1) is 15.0. The highest BCUT2D eigenvalue weighted by Gasteiger charge is 2.25. The Hall–Kier alpha value is -3.20. The number of aliphatic hydroxyl groups excluding tert-OH is 2. The first kappa shape index (κ1) is 21.0. The van der Waals surface area contributed by atoms with Gasteiger partial charge >= 0.3 is 0 Å². The van der Waals surface area contributed by atoms with E-state index in [1.165, 1.54) is 11.1 Å². The average molecular weight is 409 g/mol. The van der Waals surface area contributed by atoms with Gasteiger partial charge in [0.2, 0.25) is 0 Å². The van der Waals surface area contributed by atoms with Crippen LogP contribution in [-0.2, 0) is 18.6 Å². The molecule has 0 radical (unpaired) electrons. The minimum atomic E-state index is -0.255. The van der Waals surface area contributed by atoms with Gasteiger partial charge in [-0.3, -0.25) is 0 Å². The molecule has 0 heterocycles. The Morgan fingerprint density at radius 2 is 0.935 bits per heavy atom. The van der Waals surface area contributed by atoms with Crippen LogP contribution in [0.2, 0.25) is 0 Å². The van der Waals surface area contributed by atoms with E-state index in [1.807, 2.05) is 48.5 Å². The molecule has 4 aromatic rings. The number of rotatable bonds is 6. The highest BCUT2D eigenvalue weighted by Crippen LogP contribution is 2.37. The van der Waals surface area contributed by atoms with Crippen molar-refractivity contribution in [1.29, 1.82) is 0 Å². The van der Waals surface area contributed by atoms with Crippen molar-refractivity contribution in [3.05, 3.63) is 119 Å². The first-order valence-corrected chi connectivity index (χ1v) is 10.6. The summed E-state index contributed by atoms with van der Waals surface area (Å²) in [6.07, 6.45) is 0. The summed E-state index contributed by atoms with van der Waals surface area (Å²) in [7, 11) is 0. The normalized spacial score (nSPS) is 11.5. The van der Waals surface area contributed by atoms with Crippen molar-refractivity contribution >= 4 is 0 Å². The van der Waals surface area contributed by atoms with E-state index in [0.29, 0.717) is 0 Å². The van der Waals surface area contributed by atoms with E-state index >= 15 is 0 Å². The van der Waals surface area contributed by atoms with Crippen LogP contribution in [0.5, 0.6) is 0 Å². The Bertz CT molecular complexity index is 1070. The van der Waals surface area contributed by atoms with Crippen LogP contribution in [0.15, 0.2) is 97.1 Å². The third kappa shape index (κ3) is 4.18. The van der Waals surface area contributed by atoms with Crippen molar-refractivity contribution in [3.63, 3.8) is 0 Å². The van der Waals surface area contributed by atoms with Gasteiger partial charge in [0.15, 0.2) is 0 Å². The molecule has 156 valence electrons. The lowest BCUT2D eigenvalue weighted by atomic mass is 9.75. The SMILES string of the molecule is CC(C)(c1ccc(CO)c(-c2ccccc2)c1)c1ccc(CO)c(-c2ccccc2)c1. The largest absolute Gasteiger partial charge is 0.392 e. The van der Waals surface area contributed by atoms with Crippen molar-refractivity contribution in [2.24, 2.45) is 0 Å².